The van der Waals surface area contributed by atoms with Crippen LogP contribution >= 0.6 is 24.0 Å². The summed E-state index contributed by atoms with van der Waals surface area (Å²) in [6, 6.07) is 2.26. The van der Waals surface area contributed by atoms with Crippen molar-refractivity contribution >= 4 is 52.2 Å². The van der Waals surface area contributed by atoms with Gasteiger partial charge in [-0.3, -0.25) is 14.5 Å². The van der Waals surface area contributed by atoms with Gasteiger partial charge in [0, 0.05) is 6.42 Å². The zero-order chi connectivity index (χ0) is 17.7. The number of nitrogens with zero attached hydrogens (tertiary/aromatic N) is 1. The summed E-state index contributed by atoms with van der Waals surface area (Å²) in [5.41, 5.74) is 5.05. The topological polar surface area (TPSA) is 114 Å². The molecule has 1 unspecified atom stereocenters. The molecule has 1 aromatic heterocycles. The normalized spacial score (nSPS) is 17.8. The van der Waals surface area contributed by atoms with Crippen molar-refractivity contribution in [1.29, 1.82) is 0 Å². The Bertz CT molecular complexity index is 724. The van der Waals surface area contributed by atoms with Crippen molar-refractivity contribution in [3.05, 3.63) is 41.2 Å². The van der Waals surface area contributed by atoms with Crippen LogP contribution in [-0.4, -0.2) is 38.2 Å². The third kappa shape index (κ3) is 4.33. The monoisotopic (exact) mass is 366 g/mol. The fraction of sp³-hybridized carbons (Fsp3) is 0.200. The molecule has 1 saturated heterocycles. The van der Waals surface area contributed by atoms with Crippen molar-refractivity contribution < 1.29 is 23.9 Å². The largest absolute Gasteiger partial charge is 0.480 e. The maximum absolute atomic E-state index is 12.4. The van der Waals surface area contributed by atoms with Crippen LogP contribution in [0.5, 0.6) is 0 Å². The Labute approximate surface area is 147 Å². The zero-order valence-electron chi connectivity index (χ0n) is 12.4. The molecule has 1 aliphatic rings. The first kappa shape index (κ1) is 18.0. The highest BCUT2D eigenvalue weighted by atomic mass is 32.2. The molecule has 7 nitrogen and oxygen atoms in total. The average molecular weight is 366 g/mol. The maximum Gasteiger partial charge on any atom is 0.326 e. The zero-order valence-corrected chi connectivity index (χ0v) is 14.0. The maximum atomic E-state index is 12.4. The Morgan fingerprint density at radius 2 is 2.25 bits per heavy atom. The van der Waals surface area contributed by atoms with Crippen LogP contribution in [0.1, 0.15) is 18.6 Å². The number of primary amides is 1. The molecule has 126 valence electrons. The Morgan fingerprint density at radius 3 is 2.83 bits per heavy atom. The lowest BCUT2D eigenvalue weighted by molar-refractivity contribution is -0.145. The Kier molecular flexibility index (Phi) is 5.93. The highest BCUT2D eigenvalue weighted by Crippen LogP contribution is 2.33. The van der Waals surface area contributed by atoms with E-state index in [1.807, 2.05) is 0 Å². The molecule has 0 spiro atoms. The minimum absolute atomic E-state index is 0.0907. The number of thiocarbonyl (C=S) groups is 1. The van der Waals surface area contributed by atoms with Crippen molar-refractivity contribution in [3.8, 4) is 0 Å². The number of thioether (sulfide) groups is 1. The van der Waals surface area contributed by atoms with E-state index in [2.05, 4.69) is 0 Å². The molecule has 2 amide bonds. The van der Waals surface area contributed by atoms with Gasteiger partial charge < -0.3 is 15.3 Å². The lowest BCUT2D eigenvalue weighted by Crippen LogP contribution is -2.44. The second-order valence-corrected chi connectivity index (χ2v) is 6.48. The molecule has 0 radical (unpaired) electrons. The van der Waals surface area contributed by atoms with Crippen LogP contribution < -0.4 is 5.73 Å². The quantitative estimate of drug-likeness (QED) is 0.558. The van der Waals surface area contributed by atoms with Crippen LogP contribution in [0.2, 0.25) is 0 Å². The third-order valence-electron chi connectivity index (χ3n) is 3.14. The number of amides is 2. The van der Waals surface area contributed by atoms with E-state index in [0.717, 1.165) is 16.7 Å². The molecule has 0 saturated carbocycles. The Hall–Kier alpha value is -2.39. The summed E-state index contributed by atoms with van der Waals surface area (Å²) in [6.07, 6.45) is 6.10. The summed E-state index contributed by atoms with van der Waals surface area (Å²) in [5.74, 6) is -1.76. The van der Waals surface area contributed by atoms with E-state index in [9.17, 15) is 19.5 Å². The van der Waals surface area contributed by atoms with E-state index < -0.39 is 23.8 Å². The molecule has 0 bridgehead atoms. The van der Waals surface area contributed by atoms with Crippen LogP contribution in [0, 0.1) is 0 Å². The van der Waals surface area contributed by atoms with Gasteiger partial charge in [-0.25, -0.2) is 4.79 Å². The summed E-state index contributed by atoms with van der Waals surface area (Å²) in [4.78, 5) is 36.0. The number of hydrogen-bond acceptors (Lipinski definition) is 6. The summed E-state index contributed by atoms with van der Waals surface area (Å²) in [6.45, 7) is 0. The molecular weight excluding hydrogens is 352 g/mol. The molecule has 1 fully saturated rings. The van der Waals surface area contributed by atoms with Crippen molar-refractivity contribution in [2.75, 3.05) is 0 Å². The number of nitrogens with two attached hydrogens (primary N) is 1. The smallest absolute Gasteiger partial charge is 0.326 e. The highest BCUT2D eigenvalue weighted by molar-refractivity contribution is 8.26. The van der Waals surface area contributed by atoms with E-state index in [0.29, 0.717) is 10.7 Å². The standard InChI is InChI=1S/C15H14N2O5S2/c16-12(18)7-6-10(14(20)21)17-13(19)11(24-15(17)23)5-1-3-9-4-2-8-22-9/h1-5,8,10H,6-7H2,(H2,16,18)(H,20,21)/b3-1+,11-5+. The average Bonchev–Trinajstić information content (AvgIpc) is 3.10. The van der Waals surface area contributed by atoms with E-state index >= 15 is 0 Å². The van der Waals surface area contributed by atoms with Gasteiger partial charge in [-0.05, 0) is 30.7 Å². The lowest BCUT2D eigenvalue weighted by atomic mass is 10.1. The number of carboxylic acid groups (broad SMARTS) is 1. The molecular formula is C15H14N2O5S2. The number of hydrogen-bond donors (Lipinski definition) is 2. The van der Waals surface area contributed by atoms with Crippen LogP contribution in [0.4, 0.5) is 0 Å². The molecule has 3 N–H and O–H groups in total. The Morgan fingerprint density at radius 1 is 1.50 bits per heavy atom. The lowest BCUT2D eigenvalue weighted by Gasteiger charge is -2.22. The minimum atomic E-state index is -1.24. The van der Waals surface area contributed by atoms with E-state index in [-0.39, 0.29) is 17.2 Å². The Balaban J connectivity index is 2.14. The van der Waals surface area contributed by atoms with Gasteiger partial charge >= 0.3 is 5.97 Å². The fourth-order valence-corrected chi connectivity index (χ4v) is 3.33. The van der Waals surface area contributed by atoms with Crippen molar-refractivity contribution in [2.45, 2.75) is 18.9 Å². The molecule has 2 heterocycles. The summed E-state index contributed by atoms with van der Waals surface area (Å²) in [7, 11) is 0. The highest BCUT2D eigenvalue weighted by Gasteiger charge is 2.40. The number of carbonyl (C=O) groups excluding carboxylic acids is 2. The number of rotatable bonds is 7. The summed E-state index contributed by atoms with van der Waals surface area (Å²) >= 11 is 6.11. The van der Waals surface area contributed by atoms with Crippen molar-refractivity contribution in [3.63, 3.8) is 0 Å². The first-order chi connectivity index (χ1) is 11.4. The summed E-state index contributed by atoms with van der Waals surface area (Å²) in [5, 5.41) is 9.31. The van der Waals surface area contributed by atoms with Crippen molar-refractivity contribution in [2.24, 2.45) is 5.73 Å². The van der Waals surface area contributed by atoms with Gasteiger partial charge in [-0.2, -0.15) is 0 Å². The van der Waals surface area contributed by atoms with Gasteiger partial charge in [-0.15, -0.1) is 0 Å². The first-order valence-electron chi connectivity index (χ1n) is 6.88. The molecule has 2 rings (SSSR count). The molecule has 1 aliphatic heterocycles. The van der Waals surface area contributed by atoms with E-state index in [1.165, 1.54) is 12.3 Å². The van der Waals surface area contributed by atoms with Gasteiger partial charge in [0.05, 0.1) is 11.2 Å². The molecule has 0 aliphatic carbocycles. The molecule has 1 aromatic rings. The number of carboxylic acids is 1. The third-order valence-corrected chi connectivity index (χ3v) is 4.48. The van der Waals surface area contributed by atoms with Gasteiger partial charge in [0.2, 0.25) is 5.91 Å². The molecule has 0 aromatic carbocycles. The predicted octanol–water partition coefficient (Wildman–Crippen LogP) is 1.76. The van der Waals surface area contributed by atoms with Crippen LogP contribution in [-0.2, 0) is 14.4 Å². The van der Waals surface area contributed by atoms with Crippen LogP contribution in [0.3, 0.4) is 0 Å². The predicted molar refractivity (Wildman–Crippen MR) is 92.7 cm³/mol. The molecule has 1 atom stereocenters. The van der Waals surface area contributed by atoms with Crippen LogP contribution in [0.15, 0.2) is 39.9 Å². The number of allylic oxidation sites excluding steroid dienone is 2. The molecule has 9 heteroatoms. The van der Waals surface area contributed by atoms with Gasteiger partial charge in [-0.1, -0.05) is 30.1 Å². The van der Waals surface area contributed by atoms with E-state index in [1.54, 1.807) is 24.3 Å². The van der Waals surface area contributed by atoms with Crippen molar-refractivity contribution in [1.82, 2.24) is 4.90 Å². The minimum Gasteiger partial charge on any atom is -0.480 e. The number of furan rings is 1. The SMILES string of the molecule is NC(=O)CCC(C(=O)O)N1C(=O)/C(=C\C=C\c2ccco2)SC1=S. The van der Waals surface area contributed by atoms with Gasteiger partial charge in [0.25, 0.3) is 5.91 Å². The fourth-order valence-electron chi connectivity index (χ4n) is 2.02. The van der Waals surface area contributed by atoms with E-state index in [4.69, 9.17) is 22.4 Å². The second kappa shape index (κ2) is 7.93. The number of aliphatic carboxylic acids is 1. The number of carbonyl (C=O) groups is 3. The van der Waals surface area contributed by atoms with Crippen LogP contribution in [0.25, 0.3) is 6.08 Å². The van der Waals surface area contributed by atoms with Gasteiger partial charge in [0.1, 0.15) is 16.1 Å². The van der Waals surface area contributed by atoms with Gasteiger partial charge in [0.15, 0.2) is 0 Å². The second-order valence-electron chi connectivity index (χ2n) is 4.81. The first-order valence-corrected chi connectivity index (χ1v) is 8.11. The molecule has 24 heavy (non-hydrogen) atoms. The summed E-state index contributed by atoms with van der Waals surface area (Å²) < 4.78 is 5.26.